The monoisotopic (exact) mass is 299 g/mol. The average Bonchev–Trinajstić information content (AvgIpc) is 3.16. The molecular formula is C15H25NO5. The van der Waals surface area contributed by atoms with E-state index in [0.717, 1.165) is 32.3 Å². The molecule has 3 atom stereocenters. The van der Waals surface area contributed by atoms with Gasteiger partial charge in [-0.3, -0.25) is 9.59 Å². The Kier molecular flexibility index (Phi) is 5.58. The summed E-state index contributed by atoms with van der Waals surface area (Å²) < 4.78 is 11.1. The topological polar surface area (TPSA) is 76.1 Å². The first-order valence-corrected chi connectivity index (χ1v) is 7.75. The largest absolute Gasteiger partial charge is 0.481 e. The first-order chi connectivity index (χ1) is 9.99. The molecule has 1 saturated carbocycles. The summed E-state index contributed by atoms with van der Waals surface area (Å²) in [7, 11) is 0. The van der Waals surface area contributed by atoms with Gasteiger partial charge in [-0.05, 0) is 32.6 Å². The van der Waals surface area contributed by atoms with Crippen LogP contribution in [0.15, 0.2) is 0 Å². The number of amides is 1. The first kappa shape index (κ1) is 16.2. The predicted octanol–water partition coefficient (Wildman–Crippen LogP) is 1.28. The summed E-state index contributed by atoms with van der Waals surface area (Å²) in [6.45, 7) is 4.81. The van der Waals surface area contributed by atoms with Crippen LogP contribution < -0.4 is 0 Å². The zero-order valence-electron chi connectivity index (χ0n) is 12.8. The Balaban J connectivity index is 1.83. The highest BCUT2D eigenvalue weighted by Crippen LogP contribution is 2.28. The molecule has 0 bridgehead atoms. The molecule has 2 aliphatic rings. The third-order valence-electron chi connectivity index (χ3n) is 4.07. The number of ether oxygens (including phenoxy) is 2. The van der Waals surface area contributed by atoms with E-state index in [1.807, 2.05) is 0 Å². The second-order valence-electron chi connectivity index (χ2n) is 6.07. The van der Waals surface area contributed by atoms with Crippen LogP contribution in [0.5, 0.6) is 0 Å². The van der Waals surface area contributed by atoms with Crippen molar-refractivity contribution in [2.75, 3.05) is 19.8 Å². The number of nitrogens with zero attached hydrogens (tertiary/aromatic N) is 1. The number of aliphatic carboxylic acids is 1. The number of carbonyl (C=O) groups is 2. The number of carboxylic acid groups (broad SMARTS) is 1. The van der Waals surface area contributed by atoms with E-state index in [2.05, 4.69) is 0 Å². The number of rotatable bonds is 8. The number of hydrogen-bond donors (Lipinski definition) is 1. The Labute approximate surface area is 125 Å². The summed E-state index contributed by atoms with van der Waals surface area (Å²) in [5, 5.41) is 9.01. The quantitative estimate of drug-likeness (QED) is 0.730. The summed E-state index contributed by atoms with van der Waals surface area (Å²) in [5.74, 6) is -1.54. The van der Waals surface area contributed by atoms with Crippen molar-refractivity contribution in [1.29, 1.82) is 0 Å². The minimum atomic E-state index is -0.874. The highest BCUT2D eigenvalue weighted by Gasteiger charge is 2.36. The zero-order chi connectivity index (χ0) is 15.4. The minimum absolute atomic E-state index is 0.0903. The molecule has 21 heavy (non-hydrogen) atoms. The predicted molar refractivity (Wildman–Crippen MR) is 75.9 cm³/mol. The van der Waals surface area contributed by atoms with Crippen LogP contribution in [0.2, 0.25) is 0 Å². The van der Waals surface area contributed by atoms with E-state index in [1.54, 1.807) is 18.7 Å². The molecule has 0 aromatic carbocycles. The molecule has 3 unspecified atom stereocenters. The lowest BCUT2D eigenvalue weighted by atomic mass is 10.1. The molecule has 0 aromatic heterocycles. The summed E-state index contributed by atoms with van der Waals surface area (Å²) in [5.41, 5.74) is 0. The number of carbonyl (C=O) groups excluding carboxylic acids is 1. The van der Waals surface area contributed by atoms with Crippen molar-refractivity contribution in [2.45, 2.75) is 57.8 Å². The molecule has 1 heterocycles. The Hall–Kier alpha value is -1.14. The fourth-order valence-corrected chi connectivity index (χ4v) is 2.51. The highest BCUT2D eigenvalue weighted by molar-refractivity contribution is 5.82. The van der Waals surface area contributed by atoms with Gasteiger partial charge in [-0.1, -0.05) is 6.92 Å². The van der Waals surface area contributed by atoms with E-state index in [1.165, 1.54) is 0 Å². The molecule has 6 heteroatoms. The first-order valence-electron chi connectivity index (χ1n) is 7.75. The molecule has 6 nitrogen and oxygen atoms in total. The van der Waals surface area contributed by atoms with Crippen molar-refractivity contribution < 1.29 is 24.2 Å². The fourth-order valence-electron chi connectivity index (χ4n) is 2.51. The van der Waals surface area contributed by atoms with E-state index < -0.39 is 18.0 Å². The van der Waals surface area contributed by atoms with Crippen molar-refractivity contribution >= 4 is 11.9 Å². The molecule has 1 saturated heterocycles. The van der Waals surface area contributed by atoms with Crippen molar-refractivity contribution in [3.05, 3.63) is 0 Å². The highest BCUT2D eigenvalue weighted by atomic mass is 16.5. The molecule has 0 aromatic rings. The normalized spacial score (nSPS) is 24.6. The molecular weight excluding hydrogens is 274 g/mol. The van der Waals surface area contributed by atoms with Gasteiger partial charge in [0.05, 0.1) is 18.6 Å². The average molecular weight is 299 g/mol. The zero-order valence-corrected chi connectivity index (χ0v) is 12.8. The fraction of sp³-hybridized carbons (Fsp3) is 0.867. The van der Waals surface area contributed by atoms with Crippen molar-refractivity contribution in [2.24, 2.45) is 5.92 Å². The molecule has 120 valence electrons. The molecule has 1 N–H and O–H groups in total. The van der Waals surface area contributed by atoms with Crippen molar-refractivity contribution in [1.82, 2.24) is 4.90 Å². The van der Waals surface area contributed by atoms with Gasteiger partial charge in [0, 0.05) is 19.2 Å². The van der Waals surface area contributed by atoms with Gasteiger partial charge in [0.1, 0.15) is 6.10 Å². The maximum Gasteiger partial charge on any atom is 0.308 e. The van der Waals surface area contributed by atoms with E-state index in [4.69, 9.17) is 14.6 Å². The molecule has 1 aliphatic carbocycles. The van der Waals surface area contributed by atoms with Gasteiger partial charge in [0.25, 0.3) is 5.91 Å². The van der Waals surface area contributed by atoms with Gasteiger partial charge >= 0.3 is 5.97 Å². The Morgan fingerprint density at radius 3 is 2.57 bits per heavy atom. The maximum atomic E-state index is 12.5. The van der Waals surface area contributed by atoms with Crippen molar-refractivity contribution in [3.63, 3.8) is 0 Å². The third kappa shape index (κ3) is 4.68. The Morgan fingerprint density at radius 2 is 2.05 bits per heavy atom. The number of carboxylic acids is 1. The summed E-state index contributed by atoms with van der Waals surface area (Å²) in [6.07, 6.45) is 3.47. The summed E-state index contributed by atoms with van der Waals surface area (Å²) >= 11 is 0. The Bertz CT molecular complexity index is 376. The second-order valence-corrected chi connectivity index (χ2v) is 6.07. The maximum absolute atomic E-state index is 12.5. The van der Waals surface area contributed by atoms with Crippen LogP contribution in [-0.2, 0) is 19.1 Å². The molecule has 1 amide bonds. The van der Waals surface area contributed by atoms with Gasteiger partial charge in [-0.15, -0.1) is 0 Å². The molecule has 0 radical (unpaired) electrons. The number of hydrogen-bond acceptors (Lipinski definition) is 4. The van der Waals surface area contributed by atoms with E-state index >= 15 is 0 Å². The van der Waals surface area contributed by atoms with Gasteiger partial charge in [0.2, 0.25) is 0 Å². The lowest BCUT2D eigenvalue weighted by molar-refractivity contribution is -0.148. The lowest BCUT2D eigenvalue weighted by Crippen LogP contribution is -2.44. The van der Waals surface area contributed by atoms with Crippen LogP contribution in [0.1, 0.15) is 39.5 Å². The molecule has 2 rings (SSSR count). The van der Waals surface area contributed by atoms with Crippen molar-refractivity contribution in [3.8, 4) is 0 Å². The minimum Gasteiger partial charge on any atom is -0.481 e. The van der Waals surface area contributed by atoms with Gasteiger partial charge < -0.3 is 19.5 Å². The van der Waals surface area contributed by atoms with E-state index in [-0.39, 0.29) is 24.6 Å². The van der Waals surface area contributed by atoms with Gasteiger partial charge in [-0.2, -0.15) is 0 Å². The smallest absolute Gasteiger partial charge is 0.308 e. The van der Waals surface area contributed by atoms with Crippen LogP contribution in [0.25, 0.3) is 0 Å². The third-order valence-corrected chi connectivity index (χ3v) is 4.07. The SMILES string of the molecule is CC(CN(C(=O)C(C)OCC1CCCO1)C1CC1)C(=O)O. The summed E-state index contributed by atoms with van der Waals surface area (Å²) in [6, 6.07) is 0.188. The van der Waals surface area contributed by atoms with E-state index in [9.17, 15) is 9.59 Å². The second kappa shape index (κ2) is 7.22. The standard InChI is InChI=1S/C15H25NO5/c1-10(15(18)19)8-16(12-5-6-12)14(17)11(2)21-9-13-4-3-7-20-13/h10-13H,3-9H2,1-2H3,(H,18,19). The molecule has 1 aliphatic heterocycles. The van der Waals surface area contributed by atoms with Crippen LogP contribution in [0, 0.1) is 5.92 Å². The van der Waals surface area contributed by atoms with E-state index in [0.29, 0.717) is 6.61 Å². The van der Waals surface area contributed by atoms with Crippen LogP contribution in [0.4, 0.5) is 0 Å². The lowest BCUT2D eigenvalue weighted by Gasteiger charge is -2.27. The van der Waals surface area contributed by atoms with Crippen LogP contribution in [-0.4, -0.2) is 59.9 Å². The van der Waals surface area contributed by atoms with Crippen LogP contribution >= 0.6 is 0 Å². The van der Waals surface area contributed by atoms with Gasteiger partial charge in [-0.25, -0.2) is 0 Å². The molecule has 2 fully saturated rings. The van der Waals surface area contributed by atoms with Gasteiger partial charge in [0.15, 0.2) is 0 Å². The summed E-state index contributed by atoms with van der Waals surface area (Å²) in [4.78, 5) is 25.1. The Morgan fingerprint density at radius 1 is 1.33 bits per heavy atom. The van der Waals surface area contributed by atoms with Crippen LogP contribution in [0.3, 0.4) is 0 Å². The molecule has 0 spiro atoms.